The lowest BCUT2D eigenvalue weighted by Gasteiger charge is -2.30. The van der Waals surface area contributed by atoms with E-state index in [2.05, 4.69) is 27.9 Å². The summed E-state index contributed by atoms with van der Waals surface area (Å²) in [5.74, 6) is 0. The van der Waals surface area contributed by atoms with Gasteiger partial charge in [0.1, 0.15) is 12.6 Å². The Balaban J connectivity index is 3.64. The summed E-state index contributed by atoms with van der Waals surface area (Å²) in [5, 5.41) is 9.50. The molecule has 1 atom stereocenters. The molecule has 0 rings (SSSR count). The summed E-state index contributed by atoms with van der Waals surface area (Å²) in [7, 11) is 4.30. The van der Waals surface area contributed by atoms with Gasteiger partial charge in [-0.15, -0.1) is 0 Å². The van der Waals surface area contributed by atoms with Crippen LogP contribution in [0.5, 0.6) is 0 Å². The molecule has 0 aliphatic carbocycles. The van der Waals surface area contributed by atoms with Crippen molar-refractivity contribution in [3.8, 4) is 0 Å². The molecule has 0 fully saturated rings. The zero-order valence-corrected chi connectivity index (χ0v) is 8.30. The third-order valence-electron chi connectivity index (χ3n) is 2.18. The van der Waals surface area contributed by atoms with E-state index in [4.69, 9.17) is 0 Å². The van der Waals surface area contributed by atoms with Crippen LogP contribution in [0.15, 0.2) is 0 Å². The largest absolute Gasteiger partial charge is 0.387 e. The van der Waals surface area contributed by atoms with Crippen LogP contribution in [-0.2, 0) is 0 Å². The Morgan fingerprint density at radius 2 is 1.82 bits per heavy atom. The van der Waals surface area contributed by atoms with Crippen LogP contribution in [0, 0.1) is 0 Å². The average Bonchev–Trinajstić information content (AvgIpc) is 1.87. The maximum atomic E-state index is 9.50. The molecule has 0 heterocycles. The average molecular weight is 160 g/mol. The number of nitrogens with zero attached hydrogens (tertiary/aromatic N) is 1. The van der Waals surface area contributed by atoms with Crippen LogP contribution < -0.4 is 0 Å². The molecule has 0 amide bonds. The molecule has 2 nitrogen and oxygen atoms in total. The van der Waals surface area contributed by atoms with E-state index in [0.29, 0.717) is 0 Å². The number of aliphatic hydroxyl groups excluding tert-OH is 1. The van der Waals surface area contributed by atoms with Crippen LogP contribution in [0.4, 0.5) is 0 Å². The third-order valence-corrected chi connectivity index (χ3v) is 2.18. The summed E-state index contributed by atoms with van der Waals surface area (Å²) < 4.78 is 0.918. The minimum atomic E-state index is -0.116. The monoisotopic (exact) mass is 160 g/mol. The molecule has 0 aromatic heterocycles. The van der Waals surface area contributed by atoms with Crippen LogP contribution in [0.25, 0.3) is 0 Å². The van der Waals surface area contributed by atoms with Crippen molar-refractivity contribution in [1.82, 2.24) is 0 Å². The van der Waals surface area contributed by atoms with Gasteiger partial charge in [-0.3, -0.25) is 0 Å². The van der Waals surface area contributed by atoms with E-state index >= 15 is 0 Å². The maximum absolute atomic E-state index is 9.50. The SMILES string of the molecule is CCCC(O)C[N+](C)(C)CC. The van der Waals surface area contributed by atoms with Crippen molar-refractivity contribution >= 4 is 0 Å². The van der Waals surface area contributed by atoms with E-state index in [1.54, 1.807) is 0 Å². The highest BCUT2D eigenvalue weighted by molar-refractivity contribution is 4.51. The van der Waals surface area contributed by atoms with E-state index in [1.165, 1.54) is 0 Å². The van der Waals surface area contributed by atoms with Gasteiger partial charge >= 0.3 is 0 Å². The van der Waals surface area contributed by atoms with Crippen LogP contribution in [0.1, 0.15) is 26.7 Å². The fraction of sp³-hybridized carbons (Fsp3) is 1.00. The molecule has 0 aliphatic heterocycles. The number of rotatable bonds is 5. The molecule has 0 radical (unpaired) electrons. The van der Waals surface area contributed by atoms with E-state index in [1.807, 2.05) is 0 Å². The van der Waals surface area contributed by atoms with Crippen molar-refractivity contribution in [2.45, 2.75) is 32.8 Å². The molecule has 0 spiro atoms. The van der Waals surface area contributed by atoms with Gasteiger partial charge in [0.25, 0.3) is 0 Å². The van der Waals surface area contributed by atoms with Crippen molar-refractivity contribution in [1.29, 1.82) is 0 Å². The Morgan fingerprint density at radius 1 is 1.27 bits per heavy atom. The van der Waals surface area contributed by atoms with Crippen molar-refractivity contribution in [3.63, 3.8) is 0 Å². The second kappa shape index (κ2) is 4.73. The third kappa shape index (κ3) is 5.22. The predicted molar refractivity (Wildman–Crippen MR) is 48.4 cm³/mol. The van der Waals surface area contributed by atoms with Gasteiger partial charge in [0.15, 0.2) is 0 Å². The minimum absolute atomic E-state index is 0.116. The highest BCUT2D eigenvalue weighted by atomic mass is 16.3. The molecule has 0 aliphatic rings. The lowest BCUT2D eigenvalue weighted by molar-refractivity contribution is -0.891. The summed E-state index contributed by atoms with van der Waals surface area (Å²) in [4.78, 5) is 0. The zero-order valence-electron chi connectivity index (χ0n) is 8.30. The Labute approximate surface area is 70.4 Å². The quantitative estimate of drug-likeness (QED) is 0.600. The van der Waals surface area contributed by atoms with E-state index < -0.39 is 0 Å². The van der Waals surface area contributed by atoms with Crippen molar-refractivity contribution in [2.75, 3.05) is 27.2 Å². The van der Waals surface area contributed by atoms with Gasteiger partial charge in [-0.2, -0.15) is 0 Å². The Bertz CT molecular complexity index is 102. The Morgan fingerprint density at radius 3 is 2.18 bits per heavy atom. The molecular formula is C9H22NO+. The molecule has 0 saturated carbocycles. The van der Waals surface area contributed by atoms with Gasteiger partial charge in [0.2, 0.25) is 0 Å². The molecule has 1 unspecified atom stereocenters. The second-order valence-corrected chi connectivity index (χ2v) is 3.88. The lowest BCUT2D eigenvalue weighted by Crippen LogP contribution is -2.44. The first kappa shape index (κ1) is 10.9. The predicted octanol–water partition coefficient (Wildman–Crippen LogP) is 1.24. The van der Waals surface area contributed by atoms with Gasteiger partial charge in [0, 0.05) is 0 Å². The standard InChI is InChI=1S/C9H22NO/c1-5-7-9(11)8-10(3,4)6-2/h9,11H,5-8H2,1-4H3/q+1. The number of hydrogen-bond acceptors (Lipinski definition) is 1. The molecule has 0 aromatic rings. The van der Waals surface area contributed by atoms with Crippen molar-refractivity contribution in [3.05, 3.63) is 0 Å². The summed E-state index contributed by atoms with van der Waals surface area (Å²) in [6.07, 6.45) is 1.89. The maximum Gasteiger partial charge on any atom is 0.105 e. The summed E-state index contributed by atoms with van der Waals surface area (Å²) in [6, 6.07) is 0. The van der Waals surface area contributed by atoms with Gasteiger partial charge in [-0.05, 0) is 13.3 Å². The van der Waals surface area contributed by atoms with Crippen molar-refractivity contribution in [2.24, 2.45) is 0 Å². The molecule has 0 aromatic carbocycles. The second-order valence-electron chi connectivity index (χ2n) is 3.88. The van der Waals surface area contributed by atoms with Gasteiger partial charge in [-0.25, -0.2) is 0 Å². The van der Waals surface area contributed by atoms with E-state index in [0.717, 1.165) is 30.4 Å². The molecule has 68 valence electrons. The molecule has 0 saturated heterocycles. The van der Waals surface area contributed by atoms with Gasteiger partial charge in [-0.1, -0.05) is 13.3 Å². The minimum Gasteiger partial charge on any atom is -0.387 e. The highest BCUT2D eigenvalue weighted by Gasteiger charge is 2.16. The first-order valence-electron chi connectivity index (χ1n) is 4.52. The smallest absolute Gasteiger partial charge is 0.105 e. The van der Waals surface area contributed by atoms with Gasteiger partial charge in [0.05, 0.1) is 20.6 Å². The Kier molecular flexibility index (Phi) is 4.69. The first-order chi connectivity index (χ1) is 5.02. The normalized spacial score (nSPS) is 15.0. The van der Waals surface area contributed by atoms with E-state index in [-0.39, 0.29) is 6.10 Å². The summed E-state index contributed by atoms with van der Waals surface area (Å²) in [6.45, 7) is 6.22. The van der Waals surface area contributed by atoms with E-state index in [9.17, 15) is 5.11 Å². The number of aliphatic hydroxyl groups is 1. The Hall–Kier alpha value is -0.0800. The molecule has 1 N–H and O–H groups in total. The van der Waals surface area contributed by atoms with Crippen LogP contribution in [0.3, 0.4) is 0 Å². The topological polar surface area (TPSA) is 20.2 Å². The number of hydrogen-bond donors (Lipinski definition) is 1. The number of quaternary nitrogens is 1. The number of likely N-dealkylation sites (N-methyl/N-ethyl adjacent to an activating group) is 1. The van der Waals surface area contributed by atoms with Crippen LogP contribution in [0.2, 0.25) is 0 Å². The lowest BCUT2D eigenvalue weighted by atomic mass is 10.2. The fourth-order valence-corrected chi connectivity index (χ4v) is 1.12. The van der Waals surface area contributed by atoms with Crippen LogP contribution >= 0.6 is 0 Å². The summed E-state index contributed by atoms with van der Waals surface area (Å²) in [5.41, 5.74) is 0. The zero-order chi connectivity index (χ0) is 8.91. The summed E-state index contributed by atoms with van der Waals surface area (Å²) >= 11 is 0. The molecule has 2 heteroatoms. The first-order valence-corrected chi connectivity index (χ1v) is 4.52. The molecule has 0 bridgehead atoms. The fourth-order valence-electron chi connectivity index (χ4n) is 1.12. The highest BCUT2D eigenvalue weighted by Crippen LogP contribution is 2.03. The molecule has 11 heavy (non-hydrogen) atoms. The molecular weight excluding hydrogens is 138 g/mol. The van der Waals surface area contributed by atoms with Gasteiger partial charge < -0.3 is 9.59 Å². The van der Waals surface area contributed by atoms with Crippen LogP contribution in [-0.4, -0.2) is 42.9 Å². The van der Waals surface area contributed by atoms with Crippen molar-refractivity contribution < 1.29 is 9.59 Å².